The topological polar surface area (TPSA) is 73.9 Å². The summed E-state index contributed by atoms with van der Waals surface area (Å²) in [6, 6.07) is 5.23. The highest BCUT2D eigenvalue weighted by Crippen LogP contribution is 2.48. The van der Waals surface area contributed by atoms with Crippen molar-refractivity contribution in [3.8, 4) is 5.75 Å². The number of esters is 1. The van der Waals surface area contributed by atoms with Gasteiger partial charge in [0, 0.05) is 7.11 Å². The number of carbonyl (C=O) groups excluding carboxylic acids is 1. The summed E-state index contributed by atoms with van der Waals surface area (Å²) in [5.41, 5.74) is 1.96. The molecule has 0 bridgehead atoms. The molecule has 1 N–H and O–H groups in total. The van der Waals surface area contributed by atoms with Crippen LogP contribution in [0.25, 0.3) is 0 Å². The van der Waals surface area contributed by atoms with Crippen LogP contribution in [0.4, 0.5) is 0 Å². The van der Waals surface area contributed by atoms with Crippen LogP contribution in [0.1, 0.15) is 77.8 Å². The number of nitrogens with one attached hydrogen (secondary N) is 1. The molecule has 0 fully saturated rings. The Labute approximate surface area is 176 Å². The molecule has 1 aromatic carbocycles. The van der Waals surface area contributed by atoms with Crippen LogP contribution in [-0.4, -0.2) is 32.1 Å². The van der Waals surface area contributed by atoms with E-state index in [0.29, 0.717) is 12.2 Å². The second kappa shape index (κ2) is 11.7. The first kappa shape index (κ1) is 25.7. The lowest BCUT2D eigenvalue weighted by Gasteiger charge is -2.28. The number of hydrogen-bond acceptors (Lipinski definition) is 5. The number of hydrogen-bond donors (Lipinski definition) is 1. The molecular formula is C22H38NO5P. The molecule has 1 aromatic rings. The Kier molecular flexibility index (Phi) is 10.4. The molecule has 0 aromatic heterocycles. The molecule has 0 aliphatic rings. The minimum Gasteiger partial charge on any atom is -0.465 e. The van der Waals surface area contributed by atoms with E-state index in [9.17, 15) is 9.36 Å². The van der Waals surface area contributed by atoms with E-state index >= 15 is 0 Å². The molecule has 6 nitrogen and oxygen atoms in total. The fourth-order valence-corrected chi connectivity index (χ4v) is 4.86. The van der Waals surface area contributed by atoms with Crippen LogP contribution in [0.5, 0.6) is 5.75 Å². The molecule has 7 heteroatoms. The lowest BCUT2D eigenvalue weighted by atomic mass is 9.94. The quantitative estimate of drug-likeness (QED) is 0.342. The van der Waals surface area contributed by atoms with Gasteiger partial charge in [0.25, 0.3) is 0 Å². The maximum absolute atomic E-state index is 13.8. The van der Waals surface area contributed by atoms with E-state index in [-0.39, 0.29) is 30.7 Å². The van der Waals surface area contributed by atoms with Gasteiger partial charge in [0.2, 0.25) is 0 Å². The lowest BCUT2D eigenvalue weighted by Crippen LogP contribution is -2.39. The van der Waals surface area contributed by atoms with Gasteiger partial charge in [-0.05, 0) is 42.2 Å². The minimum absolute atomic E-state index is 0.148. The highest BCUT2D eigenvalue weighted by atomic mass is 31.2. The summed E-state index contributed by atoms with van der Waals surface area (Å²) in [7, 11) is -2.07. The summed E-state index contributed by atoms with van der Waals surface area (Å²) in [5.74, 6) is 0.773. The van der Waals surface area contributed by atoms with Crippen LogP contribution < -0.4 is 9.61 Å². The Hall–Kier alpha value is -1.36. The van der Waals surface area contributed by atoms with Crippen LogP contribution in [0.2, 0.25) is 0 Å². The molecule has 0 amide bonds. The van der Waals surface area contributed by atoms with Crippen LogP contribution in [-0.2, 0) is 18.8 Å². The molecular weight excluding hydrogens is 389 g/mol. The molecule has 0 aliphatic carbocycles. The van der Waals surface area contributed by atoms with Crippen LogP contribution in [0, 0.1) is 5.92 Å². The van der Waals surface area contributed by atoms with Gasteiger partial charge in [-0.2, -0.15) is 0 Å². The molecule has 2 unspecified atom stereocenters. The Morgan fingerprint density at radius 3 is 2.03 bits per heavy atom. The van der Waals surface area contributed by atoms with E-state index in [1.54, 1.807) is 6.92 Å². The molecule has 29 heavy (non-hydrogen) atoms. The lowest BCUT2D eigenvalue weighted by molar-refractivity contribution is -0.145. The molecule has 0 saturated heterocycles. The van der Waals surface area contributed by atoms with Crippen molar-refractivity contribution in [2.75, 3.05) is 20.1 Å². The fraction of sp³-hybridized carbons (Fsp3) is 0.682. The van der Waals surface area contributed by atoms with E-state index in [1.165, 1.54) is 7.11 Å². The number of para-hydroxylation sites is 1. The number of methoxy groups -OCH3 is 1. The number of ether oxygens (including phenoxy) is 2. The van der Waals surface area contributed by atoms with Crippen LogP contribution >= 0.6 is 7.52 Å². The molecule has 0 saturated carbocycles. The van der Waals surface area contributed by atoms with Gasteiger partial charge in [0.1, 0.15) is 18.1 Å². The largest absolute Gasteiger partial charge is 0.465 e. The first-order valence-corrected chi connectivity index (χ1v) is 12.2. The van der Waals surface area contributed by atoms with Gasteiger partial charge in [-0.3, -0.25) is 9.36 Å². The van der Waals surface area contributed by atoms with Crippen molar-refractivity contribution in [2.45, 2.75) is 72.8 Å². The number of benzene rings is 1. The highest BCUT2D eigenvalue weighted by Gasteiger charge is 2.34. The molecule has 2 atom stereocenters. The van der Waals surface area contributed by atoms with Gasteiger partial charge in [0.05, 0.1) is 6.61 Å². The van der Waals surface area contributed by atoms with E-state index < -0.39 is 19.5 Å². The maximum atomic E-state index is 13.8. The first-order valence-electron chi connectivity index (χ1n) is 10.4. The third kappa shape index (κ3) is 7.76. The molecule has 0 aliphatic heterocycles. The molecule has 0 spiro atoms. The molecule has 0 radical (unpaired) electrons. The summed E-state index contributed by atoms with van der Waals surface area (Å²) in [4.78, 5) is 12.5. The maximum Gasteiger partial charge on any atom is 0.342 e. The van der Waals surface area contributed by atoms with E-state index in [4.69, 9.17) is 14.0 Å². The Morgan fingerprint density at radius 1 is 1.07 bits per heavy atom. The average Bonchev–Trinajstić information content (AvgIpc) is 2.60. The van der Waals surface area contributed by atoms with Gasteiger partial charge in [-0.25, -0.2) is 5.09 Å². The summed E-state index contributed by atoms with van der Waals surface area (Å²) >= 11 is 0. The highest BCUT2D eigenvalue weighted by molar-refractivity contribution is 7.57. The van der Waals surface area contributed by atoms with Crippen LogP contribution in [0.3, 0.4) is 0 Å². The smallest absolute Gasteiger partial charge is 0.342 e. The van der Waals surface area contributed by atoms with Gasteiger partial charge in [-0.15, -0.1) is 0 Å². The summed E-state index contributed by atoms with van der Waals surface area (Å²) in [6.07, 6.45) is 0.337. The minimum atomic E-state index is -3.54. The zero-order valence-electron chi connectivity index (χ0n) is 19.2. The molecule has 1 rings (SSSR count). The predicted molar refractivity (Wildman–Crippen MR) is 118 cm³/mol. The second-order valence-electron chi connectivity index (χ2n) is 8.32. The van der Waals surface area contributed by atoms with Crippen molar-refractivity contribution in [3.63, 3.8) is 0 Å². The monoisotopic (exact) mass is 427 g/mol. The van der Waals surface area contributed by atoms with Gasteiger partial charge in [0.15, 0.2) is 0 Å². The summed E-state index contributed by atoms with van der Waals surface area (Å²) < 4.78 is 30.4. The van der Waals surface area contributed by atoms with Crippen molar-refractivity contribution in [3.05, 3.63) is 29.3 Å². The SMILES string of the molecule is CCOC(=O)C(CC(C)C)NP(=O)(COC)Oc1c(C(C)C)cccc1C(C)C. The fourth-order valence-electron chi connectivity index (χ4n) is 3.15. The van der Waals surface area contributed by atoms with Gasteiger partial charge >= 0.3 is 13.5 Å². The molecule has 0 heterocycles. The number of carbonyl (C=O) groups is 1. The average molecular weight is 428 g/mol. The van der Waals surface area contributed by atoms with Crippen molar-refractivity contribution in [1.29, 1.82) is 0 Å². The van der Waals surface area contributed by atoms with E-state index in [0.717, 1.165) is 11.1 Å². The number of rotatable bonds is 12. The second-order valence-corrected chi connectivity index (χ2v) is 10.4. The third-order valence-corrected chi connectivity index (χ3v) is 6.27. The molecule has 166 valence electrons. The normalized spacial score (nSPS) is 14.9. The van der Waals surface area contributed by atoms with Crippen molar-refractivity contribution in [2.24, 2.45) is 5.92 Å². The third-order valence-electron chi connectivity index (χ3n) is 4.49. The van der Waals surface area contributed by atoms with Crippen molar-refractivity contribution in [1.82, 2.24) is 5.09 Å². The Bertz CT molecular complexity index is 676. The Morgan fingerprint density at radius 2 is 1.62 bits per heavy atom. The zero-order chi connectivity index (χ0) is 22.2. The van der Waals surface area contributed by atoms with E-state index in [1.807, 2.05) is 32.0 Å². The Balaban J connectivity index is 3.34. The van der Waals surface area contributed by atoms with Gasteiger partial charge in [-0.1, -0.05) is 59.7 Å². The van der Waals surface area contributed by atoms with Gasteiger partial charge < -0.3 is 14.0 Å². The first-order chi connectivity index (χ1) is 13.5. The van der Waals surface area contributed by atoms with Crippen LogP contribution in [0.15, 0.2) is 18.2 Å². The zero-order valence-corrected chi connectivity index (χ0v) is 20.0. The van der Waals surface area contributed by atoms with E-state index in [2.05, 4.69) is 32.8 Å². The summed E-state index contributed by atoms with van der Waals surface area (Å²) in [6.45, 7) is 14.3. The standard InChI is InChI=1S/C22H38NO5P/c1-9-27-22(24)20(13-15(2)3)23-29(25,14-26-8)28-21-18(16(4)5)11-10-12-19(21)17(6)7/h10-12,15-17,20H,9,13-14H2,1-8H3,(H,23,25). The summed E-state index contributed by atoms with van der Waals surface area (Å²) in [5, 5.41) is 2.96. The van der Waals surface area contributed by atoms with Crippen molar-refractivity contribution >= 4 is 13.5 Å². The predicted octanol–water partition coefficient (Wildman–Crippen LogP) is 5.68. The van der Waals surface area contributed by atoms with Crippen molar-refractivity contribution < 1.29 is 23.4 Å².